The number of Topliss-reactive ketones (excluding diaryl/α,β-unsaturated/α-hetero) is 2. The van der Waals surface area contributed by atoms with Gasteiger partial charge >= 0.3 is 0 Å². The van der Waals surface area contributed by atoms with Crippen molar-refractivity contribution in [3.63, 3.8) is 0 Å². The van der Waals surface area contributed by atoms with Gasteiger partial charge in [0, 0.05) is 11.1 Å². The predicted molar refractivity (Wildman–Crippen MR) is 122 cm³/mol. The van der Waals surface area contributed by atoms with E-state index >= 15 is 0 Å². The summed E-state index contributed by atoms with van der Waals surface area (Å²) in [5.41, 5.74) is 5.02. The first kappa shape index (κ1) is 17.8. The van der Waals surface area contributed by atoms with Crippen LogP contribution in [0.15, 0.2) is 109 Å². The normalized spacial score (nSPS) is 16.0. The molecule has 0 radical (unpaired) electrons. The zero-order valence-corrected chi connectivity index (χ0v) is 16.7. The van der Waals surface area contributed by atoms with Crippen molar-refractivity contribution in [2.24, 2.45) is 0 Å². The number of fused-ring (bicyclic) bond motifs is 3. The predicted octanol–water partition coefficient (Wildman–Crippen LogP) is 5.98. The Hall–Kier alpha value is -4.04. The molecule has 4 aromatic rings. The van der Waals surface area contributed by atoms with E-state index < -0.39 is 5.41 Å². The van der Waals surface area contributed by atoms with E-state index in [4.69, 9.17) is 0 Å². The first-order valence-electron chi connectivity index (χ1n) is 10.4. The van der Waals surface area contributed by atoms with E-state index in [0.717, 1.165) is 33.4 Å². The number of hydrogen-bond donors (Lipinski definition) is 0. The van der Waals surface area contributed by atoms with Gasteiger partial charge in [-0.05, 0) is 33.4 Å². The largest absolute Gasteiger partial charge is 0.292 e. The molecule has 31 heavy (non-hydrogen) atoms. The number of rotatable bonds is 2. The lowest BCUT2D eigenvalue weighted by Crippen LogP contribution is -2.38. The fourth-order valence-corrected chi connectivity index (χ4v) is 5.21. The summed E-state index contributed by atoms with van der Waals surface area (Å²) >= 11 is 0. The molecular weight excluding hydrogens is 380 g/mol. The van der Waals surface area contributed by atoms with Crippen LogP contribution in [-0.2, 0) is 5.41 Å². The Bertz CT molecular complexity index is 1360. The maximum Gasteiger partial charge on any atom is 0.186 e. The number of carbonyl (C=O) groups excluding carboxylic acids is 2. The van der Waals surface area contributed by atoms with Crippen LogP contribution in [0.4, 0.5) is 0 Å². The van der Waals surface area contributed by atoms with Crippen LogP contribution < -0.4 is 0 Å². The molecule has 146 valence electrons. The van der Waals surface area contributed by atoms with Crippen molar-refractivity contribution in [3.05, 3.63) is 143 Å². The second kappa shape index (κ2) is 6.48. The maximum absolute atomic E-state index is 14.1. The van der Waals surface area contributed by atoms with Gasteiger partial charge < -0.3 is 0 Å². The quantitative estimate of drug-likeness (QED) is 0.390. The van der Waals surface area contributed by atoms with Gasteiger partial charge in [-0.3, -0.25) is 9.59 Å². The summed E-state index contributed by atoms with van der Waals surface area (Å²) in [5, 5.41) is 0. The van der Waals surface area contributed by atoms with Crippen LogP contribution in [0.5, 0.6) is 0 Å². The Kier molecular flexibility index (Phi) is 3.72. The van der Waals surface area contributed by atoms with Crippen LogP contribution in [-0.4, -0.2) is 11.6 Å². The molecule has 2 nitrogen and oxygen atoms in total. The van der Waals surface area contributed by atoms with Crippen molar-refractivity contribution in [1.82, 2.24) is 0 Å². The molecule has 0 heterocycles. The fourth-order valence-electron chi connectivity index (χ4n) is 5.21. The Morgan fingerprint density at radius 1 is 0.452 bits per heavy atom. The van der Waals surface area contributed by atoms with Gasteiger partial charge in [-0.2, -0.15) is 0 Å². The molecule has 0 saturated carbocycles. The lowest BCUT2D eigenvalue weighted by molar-refractivity contribution is 0.0845. The van der Waals surface area contributed by atoms with E-state index in [1.54, 1.807) is 12.1 Å². The molecule has 0 unspecified atom stereocenters. The molecule has 0 atom stereocenters. The Labute approximate surface area is 180 Å². The molecular formula is C29H18O2. The smallest absolute Gasteiger partial charge is 0.186 e. The Balaban J connectivity index is 1.80. The summed E-state index contributed by atoms with van der Waals surface area (Å²) in [5.74, 6) is -0.268. The molecule has 0 fully saturated rings. The summed E-state index contributed by atoms with van der Waals surface area (Å²) < 4.78 is 0. The molecule has 4 aromatic carbocycles. The molecule has 0 saturated heterocycles. The highest BCUT2D eigenvalue weighted by atomic mass is 16.2. The van der Waals surface area contributed by atoms with Crippen molar-refractivity contribution in [1.29, 1.82) is 0 Å². The van der Waals surface area contributed by atoms with Gasteiger partial charge in [0.15, 0.2) is 11.6 Å². The molecule has 2 aliphatic carbocycles. The van der Waals surface area contributed by atoms with E-state index in [1.165, 1.54) is 0 Å². The average Bonchev–Trinajstić information content (AvgIpc) is 3.27. The number of ketones is 2. The third-order valence-corrected chi connectivity index (χ3v) is 6.45. The van der Waals surface area contributed by atoms with Crippen LogP contribution in [0.2, 0.25) is 0 Å². The summed E-state index contributed by atoms with van der Waals surface area (Å²) in [6.07, 6.45) is 0. The summed E-state index contributed by atoms with van der Waals surface area (Å²) in [7, 11) is 0. The van der Waals surface area contributed by atoms with Gasteiger partial charge in [-0.1, -0.05) is 109 Å². The van der Waals surface area contributed by atoms with E-state index in [-0.39, 0.29) is 11.6 Å². The van der Waals surface area contributed by atoms with Crippen LogP contribution in [0.25, 0.3) is 11.1 Å². The highest BCUT2D eigenvalue weighted by molar-refractivity contribution is 6.43. The maximum atomic E-state index is 14.1. The van der Waals surface area contributed by atoms with Crippen LogP contribution >= 0.6 is 0 Å². The van der Waals surface area contributed by atoms with Crippen molar-refractivity contribution < 1.29 is 9.59 Å². The van der Waals surface area contributed by atoms with Crippen molar-refractivity contribution in [2.45, 2.75) is 5.41 Å². The monoisotopic (exact) mass is 398 g/mol. The fraction of sp³-hybridized carbons (Fsp3) is 0.0345. The van der Waals surface area contributed by atoms with Crippen LogP contribution in [0.1, 0.15) is 43.0 Å². The molecule has 2 aliphatic rings. The zero-order chi connectivity index (χ0) is 21.0. The van der Waals surface area contributed by atoms with Gasteiger partial charge in [0.25, 0.3) is 0 Å². The Morgan fingerprint density at radius 2 is 0.903 bits per heavy atom. The second-order valence-electron chi connectivity index (χ2n) is 7.98. The van der Waals surface area contributed by atoms with Crippen molar-refractivity contribution in [3.8, 4) is 0 Å². The van der Waals surface area contributed by atoms with Gasteiger partial charge in [-0.25, -0.2) is 0 Å². The molecule has 2 heteroatoms. The average molecular weight is 398 g/mol. The Morgan fingerprint density at radius 3 is 1.48 bits per heavy atom. The van der Waals surface area contributed by atoms with Crippen LogP contribution in [0.3, 0.4) is 0 Å². The molecule has 1 spiro atoms. The summed E-state index contributed by atoms with van der Waals surface area (Å²) in [6.45, 7) is 0. The number of hydrogen-bond acceptors (Lipinski definition) is 2. The minimum Gasteiger partial charge on any atom is -0.292 e. The van der Waals surface area contributed by atoms with Gasteiger partial charge in [0.1, 0.15) is 5.41 Å². The third kappa shape index (κ3) is 2.22. The third-order valence-electron chi connectivity index (χ3n) is 6.45. The second-order valence-corrected chi connectivity index (χ2v) is 7.98. The van der Waals surface area contributed by atoms with E-state index in [0.29, 0.717) is 11.1 Å². The lowest BCUT2D eigenvalue weighted by Gasteiger charge is -2.26. The van der Waals surface area contributed by atoms with E-state index in [2.05, 4.69) is 0 Å². The number of allylic oxidation sites excluding steroid dienone is 1. The molecule has 0 amide bonds. The first-order chi connectivity index (χ1) is 15.2. The highest BCUT2D eigenvalue weighted by Gasteiger charge is 2.61. The highest BCUT2D eigenvalue weighted by Crippen LogP contribution is 2.58. The minimum absolute atomic E-state index is 0.134. The molecule has 6 rings (SSSR count). The molecule has 0 bridgehead atoms. The first-order valence-corrected chi connectivity index (χ1v) is 10.4. The lowest BCUT2D eigenvalue weighted by atomic mass is 9.70. The molecule has 0 aromatic heterocycles. The van der Waals surface area contributed by atoms with Crippen molar-refractivity contribution in [2.75, 3.05) is 0 Å². The van der Waals surface area contributed by atoms with Gasteiger partial charge in [-0.15, -0.1) is 0 Å². The van der Waals surface area contributed by atoms with Crippen LogP contribution in [0, 0.1) is 0 Å². The number of carbonyl (C=O) groups is 2. The van der Waals surface area contributed by atoms with Gasteiger partial charge in [0.05, 0.1) is 0 Å². The van der Waals surface area contributed by atoms with Crippen molar-refractivity contribution >= 4 is 22.7 Å². The summed E-state index contributed by atoms with van der Waals surface area (Å²) in [6, 6.07) is 35.0. The minimum atomic E-state index is -1.35. The standard InChI is InChI=1S/C29H18O2/c30-27-21-15-7-8-16-22(21)28(31)29(27)24-18-10-9-17-23(24)25(19-11-3-1-4-12-19)26(29)20-13-5-2-6-14-20/h1-18H. The SMILES string of the molecule is O=C1c2ccccc2C(=O)C12C(c1ccccc1)=C(c1ccccc1)c1ccccc12. The van der Waals surface area contributed by atoms with Gasteiger partial charge in [0.2, 0.25) is 0 Å². The number of benzene rings is 4. The van der Waals surface area contributed by atoms with E-state index in [9.17, 15) is 9.59 Å². The molecule has 0 N–H and O–H groups in total. The summed E-state index contributed by atoms with van der Waals surface area (Å²) in [4.78, 5) is 28.2. The molecule has 0 aliphatic heterocycles. The zero-order valence-electron chi connectivity index (χ0n) is 16.7. The topological polar surface area (TPSA) is 34.1 Å². The van der Waals surface area contributed by atoms with E-state index in [1.807, 2.05) is 97.1 Å².